The Labute approximate surface area is 92.7 Å². The zero-order valence-corrected chi connectivity index (χ0v) is 9.57. The first-order valence-corrected chi connectivity index (χ1v) is 6.73. The molecule has 1 saturated carbocycles. The predicted octanol–water partition coefficient (Wildman–Crippen LogP) is 2.02. The standard InChI is InChI=1S/C13H23NO/c15-9-11-6-12-2-1-3-13(7-11)14(12)8-10-4-5-10/h10-13,15H,1-9H2/t11?,12-,13+. The molecule has 86 valence electrons. The lowest BCUT2D eigenvalue weighted by molar-refractivity contribution is -0.00398. The molecule has 0 aromatic carbocycles. The number of hydrogen-bond donors (Lipinski definition) is 1. The highest BCUT2D eigenvalue weighted by molar-refractivity contribution is 4.94. The number of piperidine rings is 2. The molecule has 0 aromatic rings. The summed E-state index contributed by atoms with van der Waals surface area (Å²) in [6.07, 6.45) is 9.67. The van der Waals surface area contributed by atoms with Crippen LogP contribution in [0.25, 0.3) is 0 Å². The van der Waals surface area contributed by atoms with E-state index in [-0.39, 0.29) is 0 Å². The van der Waals surface area contributed by atoms with Crippen LogP contribution in [-0.2, 0) is 0 Å². The SMILES string of the molecule is OCC1C[C@H]2CCC[C@@H](C1)N2CC1CC1. The normalized spacial score (nSPS) is 41.8. The van der Waals surface area contributed by atoms with Crippen LogP contribution in [-0.4, -0.2) is 35.2 Å². The van der Waals surface area contributed by atoms with Crippen LogP contribution in [0.1, 0.15) is 44.9 Å². The third kappa shape index (κ3) is 2.07. The minimum atomic E-state index is 0.421. The molecule has 3 aliphatic rings. The van der Waals surface area contributed by atoms with Crippen molar-refractivity contribution in [1.29, 1.82) is 0 Å². The molecule has 2 bridgehead atoms. The van der Waals surface area contributed by atoms with Gasteiger partial charge in [0.2, 0.25) is 0 Å². The summed E-state index contributed by atoms with van der Waals surface area (Å²) in [7, 11) is 0. The number of aliphatic hydroxyl groups is 1. The van der Waals surface area contributed by atoms with E-state index < -0.39 is 0 Å². The maximum Gasteiger partial charge on any atom is 0.0460 e. The van der Waals surface area contributed by atoms with Crippen LogP contribution in [0.4, 0.5) is 0 Å². The van der Waals surface area contributed by atoms with Gasteiger partial charge in [-0.05, 0) is 50.4 Å². The van der Waals surface area contributed by atoms with Gasteiger partial charge in [-0.25, -0.2) is 0 Å². The predicted molar refractivity (Wildman–Crippen MR) is 60.7 cm³/mol. The van der Waals surface area contributed by atoms with Crippen LogP contribution >= 0.6 is 0 Å². The van der Waals surface area contributed by atoms with Gasteiger partial charge in [0.15, 0.2) is 0 Å². The molecule has 1 N–H and O–H groups in total. The van der Waals surface area contributed by atoms with Gasteiger partial charge >= 0.3 is 0 Å². The van der Waals surface area contributed by atoms with Crippen LogP contribution in [0.2, 0.25) is 0 Å². The van der Waals surface area contributed by atoms with Gasteiger partial charge in [-0.3, -0.25) is 4.90 Å². The van der Waals surface area contributed by atoms with Gasteiger partial charge in [0.25, 0.3) is 0 Å². The summed E-state index contributed by atoms with van der Waals surface area (Å²) in [4.78, 5) is 2.80. The zero-order chi connectivity index (χ0) is 10.3. The molecule has 3 rings (SSSR count). The van der Waals surface area contributed by atoms with Crippen molar-refractivity contribution in [1.82, 2.24) is 4.90 Å². The quantitative estimate of drug-likeness (QED) is 0.768. The summed E-state index contributed by atoms with van der Waals surface area (Å²) >= 11 is 0. The second-order valence-corrected chi connectivity index (χ2v) is 5.90. The molecule has 0 amide bonds. The summed E-state index contributed by atoms with van der Waals surface area (Å²) in [6, 6.07) is 1.63. The van der Waals surface area contributed by atoms with E-state index in [1.165, 1.54) is 51.5 Å². The topological polar surface area (TPSA) is 23.5 Å². The number of fused-ring (bicyclic) bond motifs is 2. The summed E-state index contributed by atoms with van der Waals surface area (Å²) in [5.74, 6) is 1.63. The molecule has 1 aliphatic carbocycles. The van der Waals surface area contributed by atoms with Crippen molar-refractivity contribution in [3.63, 3.8) is 0 Å². The van der Waals surface area contributed by atoms with E-state index in [4.69, 9.17) is 0 Å². The van der Waals surface area contributed by atoms with Crippen molar-refractivity contribution in [2.45, 2.75) is 57.0 Å². The average molecular weight is 209 g/mol. The van der Waals surface area contributed by atoms with E-state index in [9.17, 15) is 5.11 Å². The monoisotopic (exact) mass is 209 g/mol. The van der Waals surface area contributed by atoms with Crippen molar-refractivity contribution >= 4 is 0 Å². The number of nitrogens with zero attached hydrogens (tertiary/aromatic N) is 1. The van der Waals surface area contributed by atoms with Gasteiger partial charge in [-0.15, -0.1) is 0 Å². The molecule has 2 heterocycles. The van der Waals surface area contributed by atoms with Gasteiger partial charge in [0, 0.05) is 25.2 Å². The fourth-order valence-electron chi connectivity index (χ4n) is 3.64. The molecule has 0 aromatic heterocycles. The van der Waals surface area contributed by atoms with Crippen LogP contribution in [0, 0.1) is 11.8 Å². The smallest absolute Gasteiger partial charge is 0.0460 e. The molecule has 3 fully saturated rings. The van der Waals surface area contributed by atoms with E-state index in [0.29, 0.717) is 12.5 Å². The Morgan fingerprint density at radius 2 is 1.60 bits per heavy atom. The summed E-state index contributed by atoms with van der Waals surface area (Å²) < 4.78 is 0. The van der Waals surface area contributed by atoms with E-state index in [1.807, 2.05) is 0 Å². The molecule has 15 heavy (non-hydrogen) atoms. The lowest BCUT2D eigenvalue weighted by Gasteiger charge is -2.49. The Balaban J connectivity index is 1.66. The Morgan fingerprint density at radius 3 is 2.13 bits per heavy atom. The first-order chi connectivity index (χ1) is 7.36. The van der Waals surface area contributed by atoms with Gasteiger partial charge in [-0.1, -0.05) is 6.42 Å². The number of hydrogen-bond acceptors (Lipinski definition) is 2. The van der Waals surface area contributed by atoms with Crippen molar-refractivity contribution in [3.05, 3.63) is 0 Å². The van der Waals surface area contributed by atoms with Crippen LogP contribution < -0.4 is 0 Å². The Hall–Kier alpha value is -0.0800. The van der Waals surface area contributed by atoms with Crippen molar-refractivity contribution in [3.8, 4) is 0 Å². The highest BCUT2D eigenvalue weighted by atomic mass is 16.3. The minimum absolute atomic E-state index is 0.421. The summed E-state index contributed by atoms with van der Waals surface area (Å²) in [6.45, 7) is 1.79. The van der Waals surface area contributed by atoms with Crippen molar-refractivity contribution in [2.24, 2.45) is 11.8 Å². The summed E-state index contributed by atoms with van der Waals surface area (Å²) in [5, 5.41) is 9.31. The molecule has 2 heteroatoms. The lowest BCUT2D eigenvalue weighted by atomic mass is 9.78. The van der Waals surface area contributed by atoms with Gasteiger partial charge in [0.05, 0.1) is 0 Å². The Kier molecular flexibility index (Phi) is 2.73. The molecular weight excluding hydrogens is 186 g/mol. The van der Waals surface area contributed by atoms with E-state index in [1.54, 1.807) is 0 Å². The maximum absolute atomic E-state index is 9.31. The molecule has 0 radical (unpaired) electrons. The molecule has 2 aliphatic heterocycles. The largest absolute Gasteiger partial charge is 0.396 e. The second-order valence-electron chi connectivity index (χ2n) is 5.90. The van der Waals surface area contributed by atoms with Crippen LogP contribution in [0.15, 0.2) is 0 Å². The zero-order valence-electron chi connectivity index (χ0n) is 9.57. The molecule has 1 unspecified atom stereocenters. The molecular formula is C13H23NO. The van der Waals surface area contributed by atoms with E-state index in [2.05, 4.69) is 4.90 Å². The second kappa shape index (κ2) is 4.06. The van der Waals surface area contributed by atoms with Crippen LogP contribution in [0.3, 0.4) is 0 Å². The third-order valence-corrected chi connectivity index (χ3v) is 4.65. The molecule has 2 saturated heterocycles. The summed E-state index contributed by atoms with van der Waals surface area (Å²) in [5.41, 5.74) is 0. The number of rotatable bonds is 3. The van der Waals surface area contributed by atoms with E-state index >= 15 is 0 Å². The van der Waals surface area contributed by atoms with E-state index in [0.717, 1.165) is 18.0 Å². The fourth-order valence-corrected chi connectivity index (χ4v) is 3.64. The molecule has 3 atom stereocenters. The minimum Gasteiger partial charge on any atom is -0.396 e. The lowest BCUT2D eigenvalue weighted by Crippen LogP contribution is -2.53. The van der Waals surface area contributed by atoms with Crippen molar-refractivity contribution < 1.29 is 5.11 Å². The fraction of sp³-hybridized carbons (Fsp3) is 1.00. The molecule has 0 spiro atoms. The maximum atomic E-state index is 9.31. The first-order valence-electron chi connectivity index (χ1n) is 6.73. The molecule has 2 nitrogen and oxygen atoms in total. The Bertz CT molecular complexity index is 213. The first kappa shape index (κ1) is 10.1. The highest BCUT2D eigenvalue weighted by Gasteiger charge is 2.39. The van der Waals surface area contributed by atoms with Gasteiger partial charge in [-0.2, -0.15) is 0 Å². The third-order valence-electron chi connectivity index (χ3n) is 4.65. The number of aliphatic hydroxyl groups excluding tert-OH is 1. The Morgan fingerprint density at radius 1 is 0.933 bits per heavy atom. The highest BCUT2D eigenvalue weighted by Crippen LogP contribution is 2.40. The van der Waals surface area contributed by atoms with Gasteiger partial charge < -0.3 is 5.11 Å². The average Bonchev–Trinajstić information content (AvgIpc) is 3.01. The van der Waals surface area contributed by atoms with Crippen LogP contribution in [0.5, 0.6) is 0 Å². The van der Waals surface area contributed by atoms with Gasteiger partial charge in [0.1, 0.15) is 0 Å². The van der Waals surface area contributed by atoms with Crippen molar-refractivity contribution in [2.75, 3.05) is 13.2 Å².